The Morgan fingerprint density at radius 1 is 0.562 bits per heavy atom. The van der Waals surface area contributed by atoms with Crippen LogP contribution < -0.4 is 70.8 Å². The summed E-state index contributed by atoms with van der Waals surface area (Å²) in [6.07, 6.45) is 3.46. The molecule has 0 aliphatic carbocycles. The maximum atomic E-state index is 14.6. The lowest BCUT2D eigenvalue weighted by Gasteiger charge is -2.28. The third kappa shape index (κ3) is 24.5. The number of amides is 9. The third-order valence-corrected chi connectivity index (χ3v) is 13.6. The van der Waals surface area contributed by atoms with Gasteiger partial charge in [0.1, 0.15) is 48.3 Å². The SMILES string of the molecule is CCCCCCC[C@@H](O)CC(=O)N[C@H](CCN)C(=O)N[C@H]1CCNC(=O)[C@H](CC(C)C)NC(=O)[C@H](CCN)NC(=O)[C@H](CCN)NC(=O)[C@H](CC(C)C)NC(=O)[C@@H](Cc2ccc(-c3ccccc3)cc2)NC(=O)[C@H](CCN)NC1=O. The Morgan fingerprint density at radius 2 is 1.02 bits per heavy atom. The molecule has 3 rings (SSSR count). The lowest BCUT2D eigenvalue weighted by atomic mass is 9.98. The van der Waals surface area contributed by atoms with Crippen molar-refractivity contribution in [2.45, 2.75) is 185 Å². The van der Waals surface area contributed by atoms with E-state index in [1.54, 1.807) is 12.1 Å². The molecule has 1 saturated heterocycles. The number of nitrogens with one attached hydrogen (secondary N) is 9. The van der Waals surface area contributed by atoms with E-state index in [0.29, 0.717) is 12.0 Å². The summed E-state index contributed by atoms with van der Waals surface area (Å²) in [4.78, 5) is 127. The van der Waals surface area contributed by atoms with Crippen LogP contribution in [-0.4, -0.2) is 145 Å². The van der Waals surface area contributed by atoms with E-state index >= 15 is 0 Å². The Hall–Kier alpha value is -6.53. The van der Waals surface area contributed by atoms with Crippen LogP contribution >= 0.6 is 0 Å². The van der Waals surface area contributed by atoms with E-state index in [2.05, 4.69) is 54.8 Å². The van der Waals surface area contributed by atoms with Crippen LogP contribution in [0.2, 0.25) is 0 Å². The van der Waals surface area contributed by atoms with Crippen molar-refractivity contribution in [3.8, 4) is 11.1 Å². The molecule has 80 heavy (non-hydrogen) atoms. The molecule has 9 amide bonds. The molecule has 2 aromatic rings. The first kappa shape index (κ1) is 67.7. The van der Waals surface area contributed by atoms with Crippen LogP contribution in [0.25, 0.3) is 11.1 Å². The van der Waals surface area contributed by atoms with Crippen molar-refractivity contribution >= 4 is 53.2 Å². The zero-order chi connectivity index (χ0) is 59.1. The fourth-order valence-corrected chi connectivity index (χ4v) is 9.25. The van der Waals surface area contributed by atoms with Crippen LogP contribution in [0.3, 0.4) is 0 Å². The summed E-state index contributed by atoms with van der Waals surface area (Å²) in [6, 6.07) is 6.46. The van der Waals surface area contributed by atoms with Gasteiger partial charge in [-0.3, -0.25) is 43.2 Å². The van der Waals surface area contributed by atoms with Gasteiger partial charge in [-0.15, -0.1) is 0 Å². The van der Waals surface area contributed by atoms with Crippen LogP contribution in [0.5, 0.6) is 0 Å². The predicted octanol–water partition coefficient (Wildman–Crippen LogP) is -0.107. The van der Waals surface area contributed by atoms with E-state index in [4.69, 9.17) is 22.9 Å². The van der Waals surface area contributed by atoms with Gasteiger partial charge in [-0.25, -0.2) is 0 Å². The van der Waals surface area contributed by atoms with Gasteiger partial charge >= 0.3 is 0 Å². The largest absolute Gasteiger partial charge is 0.393 e. The Kier molecular flexibility index (Phi) is 31.1. The number of rotatable bonds is 26. The molecule has 0 saturated carbocycles. The molecule has 2 aromatic carbocycles. The number of aliphatic hydroxyl groups excluding tert-OH is 1. The first-order valence-electron chi connectivity index (χ1n) is 28.6. The fraction of sp³-hybridized carbons (Fsp3) is 0.632. The monoisotopic (exact) mass is 1120 g/mol. The van der Waals surface area contributed by atoms with Crippen molar-refractivity contribution in [3.05, 3.63) is 60.2 Å². The van der Waals surface area contributed by atoms with Gasteiger partial charge in [-0.2, -0.15) is 0 Å². The fourth-order valence-electron chi connectivity index (χ4n) is 9.25. The lowest BCUT2D eigenvalue weighted by Crippen LogP contribution is -2.61. The van der Waals surface area contributed by atoms with Crippen molar-refractivity contribution < 1.29 is 48.3 Å². The first-order chi connectivity index (χ1) is 38.2. The summed E-state index contributed by atoms with van der Waals surface area (Å²) in [7, 11) is 0. The summed E-state index contributed by atoms with van der Waals surface area (Å²) >= 11 is 0. The van der Waals surface area contributed by atoms with E-state index in [1.807, 2.05) is 70.2 Å². The molecule has 0 unspecified atom stereocenters. The highest BCUT2D eigenvalue weighted by Gasteiger charge is 2.36. The van der Waals surface area contributed by atoms with Gasteiger partial charge in [-0.1, -0.05) is 121 Å². The number of nitrogens with two attached hydrogens (primary N) is 4. The summed E-state index contributed by atoms with van der Waals surface area (Å²) < 4.78 is 0. The summed E-state index contributed by atoms with van der Waals surface area (Å²) in [5.74, 6) is -7.15. The second-order valence-corrected chi connectivity index (χ2v) is 21.5. The molecule has 18 N–H and O–H groups in total. The van der Waals surface area contributed by atoms with Gasteiger partial charge in [0.25, 0.3) is 0 Å². The molecule has 1 aliphatic rings. The normalized spacial score (nSPS) is 22.1. The molecule has 23 heteroatoms. The zero-order valence-electron chi connectivity index (χ0n) is 47.6. The maximum Gasteiger partial charge on any atom is 0.243 e. The molecule has 0 aromatic heterocycles. The Balaban J connectivity index is 2.13. The van der Waals surface area contributed by atoms with Gasteiger partial charge in [0.2, 0.25) is 53.2 Å². The van der Waals surface area contributed by atoms with Gasteiger partial charge in [-0.05, 0) is 106 Å². The number of carbonyl (C=O) groups is 9. The highest BCUT2D eigenvalue weighted by molar-refractivity contribution is 5.98. The number of benzene rings is 2. The first-order valence-corrected chi connectivity index (χ1v) is 28.6. The zero-order valence-corrected chi connectivity index (χ0v) is 47.6. The maximum absolute atomic E-state index is 14.6. The molecule has 0 radical (unpaired) electrons. The van der Waals surface area contributed by atoms with Crippen LogP contribution in [0.4, 0.5) is 0 Å². The second kappa shape index (κ2) is 36.7. The van der Waals surface area contributed by atoms with Crippen LogP contribution in [0.1, 0.15) is 130 Å². The Bertz CT molecular complexity index is 2270. The molecular formula is C57H93N13O10. The van der Waals surface area contributed by atoms with Gasteiger partial charge in [0, 0.05) is 13.0 Å². The smallest absolute Gasteiger partial charge is 0.243 e. The van der Waals surface area contributed by atoms with E-state index in [0.717, 1.165) is 43.2 Å². The Morgan fingerprint density at radius 3 is 1.54 bits per heavy atom. The minimum absolute atomic E-state index is 0.0497. The van der Waals surface area contributed by atoms with Gasteiger partial charge in [0.15, 0.2) is 0 Å². The molecular weight excluding hydrogens is 1030 g/mol. The second-order valence-electron chi connectivity index (χ2n) is 21.5. The minimum Gasteiger partial charge on any atom is -0.393 e. The van der Waals surface area contributed by atoms with Crippen LogP contribution in [0.15, 0.2) is 54.6 Å². The van der Waals surface area contributed by atoms with Crippen molar-refractivity contribution in [2.24, 2.45) is 34.8 Å². The predicted molar refractivity (Wildman–Crippen MR) is 306 cm³/mol. The summed E-state index contributed by atoms with van der Waals surface area (Å²) in [6.45, 7) is 8.88. The van der Waals surface area contributed by atoms with Crippen molar-refractivity contribution in [1.29, 1.82) is 0 Å². The van der Waals surface area contributed by atoms with E-state index in [-0.39, 0.29) is 102 Å². The van der Waals surface area contributed by atoms with Crippen molar-refractivity contribution in [3.63, 3.8) is 0 Å². The standard InChI is InChI=1S/C57H93N13O10/c1-6-7-8-9-13-16-40(71)34-49(72)63-41(21-26-58)51(74)67-45-25-30-62-50(73)46(31-35(2)3)68-53(76)43(23-28-60)64-52(75)42(22-27-59)66-56(79)47(32-36(4)5)69-57(80)48(70-54(77)44(24-29-61)65-55(45)78)33-37-17-19-39(20-18-37)38-14-11-10-12-15-38/h10-12,14-15,17-20,35-36,40-48,71H,6-9,13,16,21-34,58-61H2,1-5H3,(H,62,73)(H,63,72)(H,64,75)(H,65,78)(H,66,79)(H,67,74)(H,68,76)(H,69,80)(H,70,77)/t40-,41-,42+,43+,44+,45+,46+,47+,48-/m1/s1. The highest BCUT2D eigenvalue weighted by Crippen LogP contribution is 2.20. The summed E-state index contributed by atoms with van der Waals surface area (Å²) in [5, 5.41) is 35.0. The van der Waals surface area contributed by atoms with Crippen LogP contribution in [0, 0.1) is 11.8 Å². The molecule has 23 nitrogen and oxygen atoms in total. The van der Waals surface area contributed by atoms with Crippen molar-refractivity contribution in [1.82, 2.24) is 47.9 Å². The summed E-state index contributed by atoms with van der Waals surface area (Å²) in [5.41, 5.74) is 26.2. The number of hydrogen-bond donors (Lipinski definition) is 14. The molecule has 1 fully saturated rings. The number of unbranched alkanes of at least 4 members (excludes halogenated alkanes) is 4. The highest BCUT2D eigenvalue weighted by atomic mass is 16.3. The minimum atomic E-state index is -1.48. The van der Waals surface area contributed by atoms with Crippen molar-refractivity contribution in [2.75, 3.05) is 32.7 Å². The van der Waals surface area contributed by atoms with E-state index < -0.39 is 108 Å². The topological polar surface area (TPSA) is 386 Å². The molecule has 0 bridgehead atoms. The quantitative estimate of drug-likeness (QED) is 0.0547. The van der Waals surface area contributed by atoms with E-state index in [9.17, 15) is 48.3 Å². The van der Waals surface area contributed by atoms with E-state index in [1.165, 1.54) is 0 Å². The average Bonchev–Trinajstić information content (AvgIpc) is 3.43. The molecule has 9 atom stereocenters. The Labute approximate surface area is 471 Å². The lowest BCUT2D eigenvalue weighted by molar-refractivity contribution is -0.136. The van der Waals surface area contributed by atoms with Gasteiger partial charge in [0.05, 0.1) is 12.5 Å². The van der Waals surface area contributed by atoms with Crippen LogP contribution in [-0.2, 0) is 49.6 Å². The molecule has 0 spiro atoms. The number of aliphatic hydroxyl groups is 1. The molecule has 1 aliphatic heterocycles. The number of hydrogen-bond acceptors (Lipinski definition) is 14. The average molecular weight is 1120 g/mol. The molecule has 1 heterocycles. The van der Waals surface area contributed by atoms with Gasteiger partial charge < -0.3 is 75.9 Å². The number of carbonyl (C=O) groups excluding carboxylic acids is 9. The molecule has 446 valence electrons. The third-order valence-electron chi connectivity index (χ3n) is 13.6.